The number of benzene rings is 1. The summed E-state index contributed by atoms with van der Waals surface area (Å²) >= 11 is 0. The van der Waals surface area contributed by atoms with Gasteiger partial charge in [0.05, 0.1) is 0 Å². The van der Waals surface area contributed by atoms with E-state index in [-0.39, 0.29) is 0 Å². The largest absolute Gasteiger partial charge is 0.454 e. The van der Waals surface area contributed by atoms with Crippen molar-refractivity contribution in [3.05, 3.63) is 30.6 Å². The molecule has 2 aromatic rings. The Morgan fingerprint density at radius 1 is 0.875 bits per heavy atom. The molecule has 1 aromatic carbocycles. The number of hydrogen-bond acceptors (Lipinski definition) is 6. The number of rotatable bonds is 3. The van der Waals surface area contributed by atoms with Gasteiger partial charge in [-0.2, -0.15) is 0 Å². The van der Waals surface area contributed by atoms with Crippen LogP contribution in [-0.4, -0.2) is 53.9 Å². The quantitative estimate of drug-likeness (QED) is 0.862. The zero-order chi connectivity index (χ0) is 15.9. The Bertz CT molecular complexity index is 737. The Labute approximate surface area is 141 Å². The molecule has 0 unspecified atom stereocenters. The normalized spacial score (nSPS) is 20.4. The number of hydrogen-bond donors (Lipinski definition) is 0. The predicted octanol–water partition coefficient (Wildman–Crippen LogP) is 2.16. The van der Waals surface area contributed by atoms with Crippen LogP contribution < -0.4 is 14.4 Å². The molecule has 124 valence electrons. The third-order valence-electron chi connectivity index (χ3n) is 5.00. The Balaban J connectivity index is 1.30. The summed E-state index contributed by atoms with van der Waals surface area (Å²) < 4.78 is 10.8. The Morgan fingerprint density at radius 3 is 2.38 bits per heavy atom. The van der Waals surface area contributed by atoms with Crippen LogP contribution in [0.4, 0.5) is 5.95 Å². The SMILES string of the molecule is c1cc2c(cc1-c1cnc(N3CCN(C4CC4)CC3)nc1)OCO2. The first kappa shape index (κ1) is 14.0. The highest BCUT2D eigenvalue weighted by molar-refractivity contribution is 5.66. The number of anilines is 1. The maximum Gasteiger partial charge on any atom is 0.231 e. The summed E-state index contributed by atoms with van der Waals surface area (Å²) in [7, 11) is 0. The van der Waals surface area contributed by atoms with E-state index in [2.05, 4.69) is 19.8 Å². The summed E-state index contributed by atoms with van der Waals surface area (Å²) in [5, 5.41) is 0. The number of aromatic nitrogens is 2. The molecule has 5 rings (SSSR count). The Hall–Kier alpha value is -2.34. The highest BCUT2D eigenvalue weighted by atomic mass is 16.7. The summed E-state index contributed by atoms with van der Waals surface area (Å²) in [4.78, 5) is 14.0. The molecule has 1 aromatic heterocycles. The van der Waals surface area contributed by atoms with Gasteiger partial charge in [0.2, 0.25) is 12.7 Å². The molecule has 3 aliphatic rings. The van der Waals surface area contributed by atoms with Crippen LogP contribution in [0.25, 0.3) is 11.1 Å². The third-order valence-corrected chi connectivity index (χ3v) is 5.00. The highest BCUT2D eigenvalue weighted by Crippen LogP contribution is 2.35. The maximum atomic E-state index is 5.44. The van der Waals surface area contributed by atoms with Gasteiger partial charge in [-0.15, -0.1) is 0 Å². The number of ether oxygens (including phenoxy) is 2. The minimum absolute atomic E-state index is 0.293. The van der Waals surface area contributed by atoms with Crippen molar-refractivity contribution in [3.8, 4) is 22.6 Å². The zero-order valence-electron chi connectivity index (χ0n) is 13.5. The second-order valence-electron chi connectivity index (χ2n) is 6.59. The molecule has 1 aliphatic carbocycles. The summed E-state index contributed by atoms with van der Waals surface area (Å²) in [5.41, 5.74) is 2.04. The van der Waals surface area contributed by atoms with Gasteiger partial charge >= 0.3 is 0 Å². The van der Waals surface area contributed by atoms with E-state index in [1.807, 2.05) is 30.6 Å². The van der Waals surface area contributed by atoms with Crippen LogP contribution in [0.15, 0.2) is 30.6 Å². The predicted molar refractivity (Wildman–Crippen MR) is 90.4 cm³/mol. The smallest absolute Gasteiger partial charge is 0.231 e. The van der Waals surface area contributed by atoms with Crippen LogP contribution in [0.3, 0.4) is 0 Å². The molecule has 1 saturated carbocycles. The van der Waals surface area contributed by atoms with Crippen molar-refractivity contribution in [2.45, 2.75) is 18.9 Å². The molecule has 0 spiro atoms. The standard InChI is InChI=1S/C18H20N4O2/c1-4-16-17(24-12-23-16)9-13(1)14-10-19-18(20-11-14)22-7-5-21(6-8-22)15-2-3-15/h1,4,9-11,15H,2-3,5-8,12H2. The monoisotopic (exact) mass is 324 g/mol. The van der Waals surface area contributed by atoms with Gasteiger partial charge in [0.1, 0.15) is 0 Å². The summed E-state index contributed by atoms with van der Waals surface area (Å²) in [5.74, 6) is 2.41. The van der Waals surface area contributed by atoms with Crippen LogP contribution in [0, 0.1) is 0 Å². The second-order valence-corrected chi connectivity index (χ2v) is 6.59. The average Bonchev–Trinajstić information content (AvgIpc) is 3.39. The molecule has 1 saturated heterocycles. The lowest BCUT2D eigenvalue weighted by molar-refractivity contribution is 0.174. The minimum Gasteiger partial charge on any atom is -0.454 e. The molecule has 0 N–H and O–H groups in total. The van der Waals surface area contributed by atoms with Crippen molar-refractivity contribution in [2.75, 3.05) is 37.9 Å². The summed E-state index contributed by atoms with van der Waals surface area (Å²) in [6.45, 7) is 4.57. The average molecular weight is 324 g/mol. The molecular weight excluding hydrogens is 304 g/mol. The Kier molecular flexibility index (Phi) is 3.29. The third kappa shape index (κ3) is 2.57. The molecule has 6 heteroatoms. The molecule has 0 amide bonds. The first-order valence-electron chi connectivity index (χ1n) is 8.58. The van der Waals surface area contributed by atoms with Crippen molar-refractivity contribution in [3.63, 3.8) is 0 Å². The van der Waals surface area contributed by atoms with E-state index in [4.69, 9.17) is 9.47 Å². The van der Waals surface area contributed by atoms with Crippen LogP contribution in [-0.2, 0) is 0 Å². The van der Waals surface area contributed by atoms with Crippen LogP contribution in [0.1, 0.15) is 12.8 Å². The molecule has 0 bridgehead atoms. The lowest BCUT2D eigenvalue weighted by Crippen LogP contribution is -2.47. The molecule has 6 nitrogen and oxygen atoms in total. The van der Waals surface area contributed by atoms with Gasteiger partial charge in [0, 0.05) is 50.2 Å². The van der Waals surface area contributed by atoms with Crippen molar-refractivity contribution in [2.24, 2.45) is 0 Å². The molecule has 0 atom stereocenters. The van der Waals surface area contributed by atoms with E-state index in [9.17, 15) is 0 Å². The van der Waals surface area contributed by atoms with Crippen molar-refractivity contribution >= 4 is 5.95 Å². The van der Waals surface area contributed by atoms with E-state index in [0.717, 1.165) is 60.8 Å². The fraction of sp³-hybridized carbons (Fsp3) is 0.444. The van der Waals surface area contributed by atoms with Crippen LogP contribution in [0.2, 0.25) is 0 Å². The maximum absolute atomic E-state index is 5.44. The fourth-order valence-electron chi connectivity index (χ4n) is 3.44. The summed E-state index contributed by atoms with van der Waals surface area (Å²) in [6.07, 6.45) is 6.54. The van der Waals surface area contributed by atoms with Crippen molar-refractivity contribution < 1.29 is 9.47 Å². The van der Waals surface area contributed by atoms with Crippen LogP contribution >= 0.6 is 0 Å². The van der Waals surface area contributed by atoms with Crippen LogP contribution in [0.5, 0.6) is 11.5 Å². The minimum atomic E-state index is 0.293. The number of nitrogens with zero attached hydrogens (tertiary/aromatic N) is 4. The van der Waals surface area contributed by atoms with Crippen molar-refractivity contribution in [1.29, 1.82) is 0 Å². The molecular formula is C18H20N4O2. The number of fused-ring (bicyclic) bond motifs is 1. The first-order valence-corrected chi connectivity index (χ1v) is 8.58. The van der Waals surface area contributed by atoms with E-state index < -0.39 is 0 Å². The molecule has 0 radical (unpaired) electrons. The zero-order valence-corrected chi connectivity index (χ0v) is 13.5. The van der Waals surface area contributed by atoms with Gasteiger partial charge in [-0.3, -0.25) is 4.90 Å². The van der Waals surface area contributed by atoms with E-state index >= 15 is 0 Å². The van der Waals surface area contributed by atoms with Gasteiger partial charge in [0.25, 0.3) is 0 Å². The number of piperazine rings is 1. The molecule has 2 fully saturated rings. The van der Waals surface area contributed by atoms with Crippen molar-refractivity contribution in [1.82, 2.24) is 14.9 Å². The fourth-order valence-corrected chi connectivity index (χ4v) is 3.44. The van der Waals surface area contributed by atoms with Gasteiger partial charge in [-0.1, -0.05) is 6.07 Å². The highest BCUT2D eigenvalue weighted by Gasteiger charge is 2.31. The second kappa shape index (κ2) is 5.63. The molecule has 3 heterocycles. The summed E-state index contributed by atoms with van der Waals surface area (Å²) in [6, 6.07) is 6.78. The van der Waals surface area contributed by atoms with Gasteiger partial charge in [-0.25, -0.2) is 9.97 Å². The topological polar surface area (TPSA) is 50.7 Å². The first-order chi connectivity index (χ1) is 11.9. The van der Waals surface area contributed by atoms with Gasteiger partial charge in [0.15, 0.2) is 11.5 Å². The van der Waals surface area contributed by atoms with Gasteiger partial charge < -0.3 is 14.4 Å². The lowest BCUT2D eigenvalue weighted by atomic mass is 10.1. The van der Waals surface area contributed by atoms with E-state index in [1.165, 1.54) is 12.8 Å². The van der Waals surface area contributed by atoms with E-state index in [0.29, 0.717) is 6.79 Å². The lowest BCUT2D eigenvalue weighted by Gasteiger charge is -2.34. The molecule has 2 aliphatic heterocycles. The van der Waals surface area contributed by atoms with Gasteiger partial charge in [-0.05, 0) is 30.5 Å². The molecule has 24 heavy (non-hydrogen) atoms. The Morgan fingerprint density at radius 2 is 1.62 bits per heavy atom. The van der Waals surface area contributed by atoms with E-state index in [1.54, 1.807) is 0 Å².